The molecule has 0 radical (unpaired) electrons. The van der Waals surface area contributed by atoms with Crippen LogP contribution in [0, 0.1) is 11.7 Å². The van der Waals surface area contributed by atoms with Crippen LogP contribution in [0.2, 0.25) is 0 Å². The van der Waals surface area contributed by atoms with Crippen LogP contribution in [0.5, 0.6) is 0 Å². The van der Waals surface area contributed by atoms with Gasteiger partial charge in [0, 0.05) is 18.7 Å². The minimum Gasteiger partial charge on any atom is -0.478 e. The van der Waals surface area contributed by atoms with Crippen LogP contribution in [0.25, 0.3) is 6.08 Å². The Morgan fingerprint density at radius 1 is 1.47 bits per heavy atom. The number of hydrogen-bond donors (Lipinski definition) is 1. The first-order valence-corrected chi connectivity index (χ1v) is 6.44. The molecule has 0 bridgehead atoms. The Morgan fingerprint density at radius 3 is 2.74 bits per heavy atom. The molecule has 1 heterocycles. The molecule has 102 valence electrons. The van der Waals surface area contributed by atoms with Gasteiger partial charge in [0.05, 0.1) is 5.69 Å². The summed E-state index contributed by atoms with van der Waals surface area (Å²) >= 11 is 0. The molecule has 2 unspecified atom stereocenters. The molecule has 1 N–H and O–H groups in total. The quantitative estimate of drug-likeness (QED) is 0.852. The van der Waals surface area contributed by atoms with Crippen LogP contribution < -0.4 is 4.90 Å². The van der Waals surface area contributed by atoms with Crippen molar-refractivity contribution >= 4 is 17.7 Å². The Bertz CT molecular complexity index is 513. The number of hydrogen-bond acceptors (Lipinski definition) is 2. The second-order valence-corrected chi connectivity index (χ2v) is 5.22. The highest BCUT2D eigenvalue weighted by Gasteiger charge is 2.27. The second kappa shape index (κ2) is 5.43. The normalized spacial score (nSPS) is 23.2. The molecular weight excluding hydrogens is 245 g/mol. The summed E-state index contributed by atoms with van der Waals surface area (Å²) in [6.45, 7) is 5.13. The van der Waals surface area contributed by atoms with E-state index in [9.17, 15) is 9.18 Å². The lowest BCUT2D eigenvalue weighted by atomic mass is 10.1. The highest BCUT2D eigenvalue weighted by atomic mass is 19.1. The molecule has 1 aromatic carbocycles. The summed E-state index contributed by atoms with van der Waals surface area (Å²) in [5.74, 6) is -0.763. The number of nitrogens with zero attached hydrogens (tertiary/aromatic N) is 1. The van der Waals surface area contributed by atoms with Gasteiger partial charge in [-0.05, 0) is 43.0 Å². The predicted octanol–water partition coefficient (Wildman–Crippen LogP) is 3.16. The van der Waals surface area contributed by atoms with Gasteiger partial charge in [0.1, 0.15) is 5.82 Å². The van der Waals surface area contributed by atoms with Crippen LogP contribution in [-0.4, -0.2) is 23.7 Å². The number of carbonyl (C=O) groups is 1. The number of halogens is 1. The van der Waals surface area contributed by atoms with E-state index < -0.39 is 5.97 Å². The van der Waals surface area contributed by atoms with Gasteiger partial charge >= 0.3 is 5.97 Å². The zero-order chi connectivity index (χ0) is 14.0. The summed E-state index contributed by atoms with van der Waals surface area (Å²) < 4.78 is 14.1. The van der Waals surface area contributed by atoms with Crippen molar-refractivity contribution in [3.05, 3.63) is 35.7 Å². The van der Waals surface area contributed by atoms with Crippen molar-refractivity contribution in [2.45, 2.75) is 26.3 Å². The van der Waals surface area contributed by atoms with E-state index >= 15 is 0 Å². The highest BCUT2D eigenvalue weighted by Crippen LogP contribution is 2.31. The number of benzene rings is 1. The number of carboxylic acids is 1. The van der Waals surface area contributed by atoms with Crippen LogP contribution in [0.3, 0.4) is 0 Å². The second-order valence-electron chi connectivity index (χ2n) is 5.22. The van der Waals surface area contributed by atoms with E-state index in [2.05, 4.69) is 18.7 Å². The lowest BCUT2D eigenvalue weighted by Crippen LogP contribution is -2.27. The molecule has 4 heteroatoms. The lowest BCUT2D eigenvalue weighted by Gasteiger charge is -2.24. The van der Waals surface area contributed by atoms with Gasteiger partial charge in [0.15, 0.2) is 0 Å². The first-order chi connectivity index (χ1) is 8.97. The van der Waals surface area contributed by atoms with E-state index in [4.69, 9.17) is 5.11 Å². The molecule has 0 saturated carbocycles. The SMILES string of the molecule is CC1CC(C)N(c2ccc(/C=C/C(=O)O)cc2F)C1. The lowest BCUT2D eigenvalue weighted by molar-refractivity contribution is -0.131. The Hall–Kier alpha value is -1.84. The van der Waals surface area contributed by atoms with Gasteiger partial charge in [0.2, 0.25) is 0 Å². The summed E-state index contributed by atoms with van der Waals surface area (Å²) in [5.41, 5.74) is 1.16. The van der Waals surface area contributed by atoms with Crippen LogP contribution >= 0.6 is 0 Å². The minimum atomic E-state index is -1.04. The fraction of sp³-hybridized carbons (Fsp3) is 0.400. The van der Waals surface area contributed by atoms with E-state index in [0.29, 0.717) is 23.2 Å². The smallest absolute Gasteiger partial charge is 0.328 e. The minimum absolute atomic E-state index is 0.298. The van der Waals surface area contributed by atoms with Crippen molar-refractivity contribution in [1.29, 1.82) is 0 Å². The summed E-state index contributed by atoms with van der Waals surface area (Å²) in [6, 6.07) is 5.19. The standard InChI is InChI=1S/C15H18FNO2/c1-10-7-11(2)17(9-10)14-5-3-12(8-13(14)16)4-6-15(18)19/h3-6,8,10-11H,7,9H2,1-2H3,(H,18,19)/b6-4+. The number of aliphatic carboxylic acids is 1. The van der Waals surface area contributed by atoms with Crippen molar-refractivity contribution in [2.75, 3.05) is 11.4 Å². The van der Waals surface area contributed by atoms with E-state index in [1.807, 2.05) is 0 Å². The van der Waals surface area contributed by atoms with Crippen molar-refractivity contribution in [3.8, 4) is 0 Å². The Morgan fingerprint density at radius 2 is 2.21 bits per heavy atom. The van der Waals surface area contributed by atoms with Gasteiger partial charge in [-0.3, -0.25) is 0 Å². The molecule has 0 aromatic heterocycles. The fourth-order valence-electron chi connectivity index (χ4n) is 2.66. The zero-order valence-corrected chi connectivity index (χ0v) is 11.1. The monoisotopic (exact) mass is 263 g/mol. The zero-order valence-electron chi connectivity index (χ0n) is 11.1. The Balaban J connectivity index is 2.22. The number of carboxylic acid groups (broad SMARTS) is 1. The van der Waals surface area contributed by atoms with Crippen molar-refractivity contribution < 1.29 is 14.3 Å². The van der Waals surface area contributed by atoms with Gasteiger partial charge in [-0.25, -0.2) is 9.18 Å². The molecule has 1 aliphatic rings. The highest BCUT2D eigenvalue weighted by molar-refractivity contribution is 5.85. The molecule has 1 fully saturated rings. The summed E-state index contributed by atoms with van der Waals surface area (Å²) in [6.07, 6.45) is 3.47. The number of anilines is 1. The van der Waals surface area contributed by atoms with Gasteiger partial charge in [-0.15, -0.1) is 0 Å². The molecule has 2 atom stereocenters. The summed E-state index contributed by atoms with van der Waals surface area (Å²) in [5, 5.41) is 8.55. The van der Waals surface area contributed by atoms with Gasteiger partial charge < -0.3 is 10.0 Å². The van der Waals surface area contributed by atoms with Crippen molar-refractivity contribution in [1.82, 2.24) is 0 Å². The molecule has 19 heavy (non-hydrogen) atoms. The number of rotatable bonds is 3. The Kier molecular flexibility index (Phi) is 3.88. The average Bonchev–Trinajstić information content (AvgIpc) is 2.66. The van der Waals surface area contributed by atoms with Crippen LogP contribution in [-0.2, 0) is 4.79 Å². The molecule has 1 aliphatic heterocycles. The van der Waals surface area contributed by atoms with E-state index in [1.165, 1.54) is 12.1 Å². The molecule has 0 spiro atoms. The van der Waals surface area contributed by atoms with Crippen LogP contribution in [0.1, 0.15) is 25.8 Å². The van der Waals surface area contributed by atoms with Gasteiger partial charge in [0.25, 0.3) is 0 Å². The van der Waals surface area contributed by atoms with E-state index in [0.717, 1.165) is 19.0 Å². The maximum atomic E-state index is 14.1. The van der Waals surface area contributed by atoms with Crippen molar-refractivity contribution in [2.24, 2.45) is 5.92 Å². The fourth-order valence-corrected chi connectivity index (χ4v) is 2.66. The van der Waals surface area contributed by atoms with Crippen LogP contribution in [0.4, 0.5) is 10.1 Å². The predicted molar refractivity (Wildman–Crippen MR) is 73.7 cm³/mol. The van der Waals surface area contributed by atoms with Gasteiger partial charge in [-0.1, -0.05) is 13.0 Å². The molecule has 0 aliphatic carbocycles. The first-order valence-electron chi connectivity index (χ1n) is 6.44. The molecule has 1 saturated heterocycles. The average molecular weight is 263 g/mol. The molecule has 0 amide bonds. The third-order valence-electron chi connectivity index (χ3n) is 3.48. The van der Waals surface area contributed by atoms with E-state index in [-0.39, 0.29) is 5.82 Å². The first kappa shape index (κ1) is 13.6. The molecule has 2 rings (SSSR count). The Labute approximate surface area is 112 Å². The van der Waals surface area contributed by atoms with Crippen molar-refractivity contribution in [3.63, 3.8) is 0 Å². The topological polar surface area (TPSA) is 40.5 Å². The van der Waals surface area contributed by atoms with Crippen LogP contribution in [0.15, 0.2) is 24.3 Å². The summed E-state index contributed by atoms with van der Waals surface area (Å²) in [4.78, 5) is 12.5. The molecular formula is C15H18FNO2. The summed E-state index contributed by atoms with van der Waals surface area (Å²) in [7, 11) is 0. The third-order valence-corrected chi connectivity index (χ3v) is 3.48. The molecule has 3 nitrogen and oxygen atoms in total. The van der Waals surface area contributed by atoms with Gasteiger partial charge in [-0.2, -0.15) is 0 Å². The maximum Gasteiger partial charge on any atom is 0.328 e. The molecule has 1 aromatic rings. The third kappa shape index (κ3) is 3.13. The largest absolute Gasteiger partial charge is 0.478 e. The van der Waals surface area contributed by atoms with E-state index in [1.54, 1.807) is 12.1 Å². The maximum absolute atomic E-state index is 14.1.